The molecule has 4 aromatic carbocycles. The van der Waals surface area contributed by atoms with Crippen LogP contribution < -0.4 is 5.32 Å². The highest BCUT2D eigenvalue weighted by molar-refractivity contribution is 9.10. The van der Waals surface area contributed by atoms with E-state index < -0.39 is 0 Å². The first-order chi connectivity index (χ1) is 13.1. The number of hydrogen-bond donors (Lipinski definition) is 2. The average molecular weight is 418 g/mol. The predicted molar refractivity (Wildman–Crippen MR) is 113 cm³/mol. The van der Waals surface area contributed by atoms with Gasteiger partial charge in [0.1, 0.15) is 5.75 Å². The fourth-order valence-corrected chi connectivity index (χ4v) is 3.57. The van der Waals surface area contributed by atoms with Crippen molar-refractivity contribution >= 4 is 38.3 Å². The molecule has 0 spiro atoms. The highest BCUT2D eigenvalue weighted by Gasteiger charge is 2.16. The van der Waals surface area contributed by atoms with Crippen molar-refractivity contribution in [3.05, 3.63) is 95.0 Å². The zero-order chi connectivity index (χ0) is 18.8. The summed E-state index contributed by atoms with van der Waals surface area (Å²) in [5, 5.41) is 15.4. The highest BCUT2D eigenvalue weighted by Crippen LogP contribution is 2.39. The number of para-hydroxylation sites is 1. The van der Waals surface area contributed by atoms with Crippen molar-refractivity contribution in [2.24, 2.45) is 0 Å². The fourth-order valence-electron chi connectivity index (χ4n) is 3.18. The Kier molecular flexibility index (Phi) is 4.65. The van der Waals surface area contributed by atoms with E-state index in [4.69, 9.17) is 0 Å². The van der Waals surface area contributed by atoms with Gasteiger partial charge in [0.25, 0.3) is 5.91 Å². The summed E-state index contributed by atoms with van der Waals surface area (Å²) in [6.45, 7) is 0. The molecule has 0 bridgehead atoms. The quantitative estimate of drug-likeness (QED) is 0.415. The lowest BCUT2D eigenvalue weighted by atomic mass is 9.95. The Hall–Kier alpha value is -3.11. The lowest BCUT2D eigenvalue weighted by Gasteiger charge is -2.16. The van der Waals surface area contributed by atoms with Crippen LogP contribution >= 0.6 is 15.9 Å². The third-order valence-electron chi connectivity index (χ3n) is 4.44. The Morgan fingerprint density at radius 2 is 1.63 bits per heavy atom. The first-order valence-corrected chi connectivity index (χ1v) is 9.30. The maximum atomic E-state index is 12.8. The number of carbonyl (C=O) groups excluding carboxylic acids is 1. The minimum Gasteiger partial charge on any atom is -0.507 e. The maximum Gasteiger partial charge on any atom is 0.255 e. The SMILES string of the molecule is O=C(Nc1ccc2ccccc2c1-c1ccccc1O)c1cccc(Br)c1. The Bertz CT molecular complexity index is 1150. The number of rotatable bonds is 3. The molecule has 27 heavy (non-hydrogen) atoms. The van der Waals surface area contributed by atoms with Crippen molar-refractivity contribution < 1.29 is 9.90 Å². The van der Waals surface area contributed by atoms with E-state index in [-0.39, 0.29) is 11.7 Å². The van der Waals surface area contributed by atoms with E-state index in [1.807, 2.05) is 60.7 Å². The van der Waals surface area contributed by atoms with Crippen molar-refractivity contribution in [1.29, 1.82) is 0 Å². The second-order valence-electron chi connectivity index (χ2n) is 6.19. The van der Waals surface area contributed by atoms with Crippen molar-refractivity contribution in [3.63, 3.8) is 0 Å². The number of amides is 1. The van der Waals surface area contributed by atoms with Gasteiger partial charge in [0.15, 0.2) is 0 Å². The topological polar surface area (TPSA) is 49.3 Å². The summed E-state index contributed by atoms with van der Waals surface area (Å²) < 4.78 is 0.842. The van der Waals surface area contributed by atoms with Crippen molar-refractivity contribution in [3.8, 4) is 16.9 Å². The fraction of sp³-hybridized carbons (Fsp3) is 0. The van der Waals surface area contributed by atoms with Gasteiger partial charge in [0, 0.05) is 26.9 Å². The number of fused-ring (bicyclic) bond motifs is 1. The van der Waals surface area contributed by atoms with E-state index >= 15 is 0 Å². The first-order valence-electron chi connectivity index (χ1n) is 8.50. The van der Waals surface area contributed by atoms with Crippen molar-refractivity contribution in [2.45, 2.75) is 0 Å². The van der Waals surface area contributed by atoms with Crippen LogP contribution in [0.25, 0.3) is 21.9 Å². The number of aromatic hydroxyl groups is 1. The van der Waals surface area contributed by atoms with Crippen LogP contribution in [-0.2, 0) is 0 Å². The summed E-state index contributed by atoms with van der Waals surface area (Å²) >= 11 is 3.40. The smallest absolute Gasteiger partial charge is 0.255 e. The number of hydrogen-bond acceptors (Lipinski definition) is 2. The third kappa shape index (κ3) is 3.44. The van der Waals surface area contributed by atoms with Gasteiger partial charge < -0.3 is 10.4 Å². The number of phenols is 1. The van der Waals surface area contributed by atoms with Crippen LogP contribution in [0.2, 0.25) is 0 Å². The minimum atomic E-state index is -0.205. The number of nitrogens with one attached hydrogen (secondary N) is 1. The number of benzene rings is 4. The second-order valence-corrected chi connectivity index (χ2v) is 7.11. The van der Waals surface area contributed by atoms with Crippen LogP contribution in [0.1, 0.15) is 10.4 Å². The molecule has 0 unspecified atom stereocenters. The molecule has 0 saturated heterocycles. The molecule has 0 aromatic heterocycles. The van der Waals surface area contributed by atoms with E-state index in [0.29, 0.717) is 16.8 Å². The van der Waals surface area contributed by atoms with Crippen molar-refractivity contribution in [2.75, 3.05) is 5.32 Å². The molecular weight excluding hydrogens is 402 g/mol. The Labute approximate surface area is 165 Å². The molecule has 1 amide bonds. The van der Waals surface area contributed by atoms with Gasteiger partial charge in [-0.3, -0.25) is 4.79 Å². The average Bonchev–Trinajstić information content (AvgIpc) is 2.68. The molecule has 132 valence electrons. The lowest BCUT2D eigenvalue weighted by Crippen LogP contribution is -2.12. The molecule has 3 nitrogen and oxygen atoms in total. The number of carbonyl (C=O) groups is 1. The summed E-state index contributed by atoms with van der Waals surface area (Å²) in [6, 6.07) is 26.2. The number of halogens is 1. The van der Waals surface area contributed by atoms with E-state index in [2.05, 4.69) is 21.2 Å². The molecule has 0 fully saturated rings. The summed E-state index contributed by atoms with van der Waals surface area (Å²) in [6.07, 6.45) is 0. The Balaban J connectivity index is 1.87. The van der Waals surface area contributed by atoms with Gasteiger partial charge in [-0.2, -0.15) is 0 Å². The monoisotopic (exact) mass is 417 g/mol. The van der Waals surface area contributed by atoms with Gasteiger partial charge in [-0.15, -0.1) is 0 Å². The molecule has 2 N–H and O–H groups in total. The molecular formula is C23H16BrNO2. The van der Waals surface area contributed by atoms with Gasteiger partial charge in [-0.05, 0) is 41.1 Å². The molecule has 0 aliphatic rings. The van der Waals surface area contributed by atoms with Gasteiger partial charge in [0.2, 0.25) is 0 Å². The van der Waals surface area contributed by atoms with Crippen LogP contribution in [-0.4, -0.2) is 11.0 Å². The molecule has 0 aliphatic heterocycles. The van der Waals surface area contributed by atoms with E-state index in [9.17, 15) is 9.90 Å². The zero-order valence-corrected chi connectivity index (χ0v) is 15.9. The van der Waals surface area contributed by atoms with Crippen LogP contribution in [0.3, 0.4) is 0 Å². The molecule has 0 atom stereocenters. The molecule has 4 aromatic rings. The summed E-state index contributed by atoms with van der Waals surface area (Å²) in [7, 11) is 0. The van der Waals surface area contributed by atoms with Crippen LogP contribution in [0.4, 0.5) is 5.69 Å². The Morgan fingerprint density at radius 1 is 0.852 bits per heavy atom. The normalized spacial score (nSPS) is 10.7. The van der Waals surface area contributed by atoms with Crippen molar-refractivity contribution in [1.82, 2.24) is 0 Å². The largest absolute Gasteiger partial charge is 0.507 e. The van der Waals surface area contributed by atoms with Gasteiger partial charge >= 0.3 is 0 Å². The molecule has 4 rings (SSSR count). The molecule has 0 saturated carbocycles. The van der Waals surface area contributed by atoms with Crippen LogP contribution in [0, 0.1) is 0 Å². The minimum absolute atomic E-state index is 0.173. The van der Waals surface area contributed by atoms with Gasteiger partial charge in [-0.25, -0.2) is 0 Å². The van der Waals surface area contributed by atoms with E-state index in [1.165, 1.54) is 0 Å². The molecule has 4 heteroatoms. The standard InChI is InChI=1S/C23H16BrNO2/c24-17-8-5-7-16(14-17)23(27)25-20-13-12-15-6-1-2-9-18(15)22(20)19-10-3-4-11-21(19)26/h1-14,26H,(H,25,27). The lowest BCUT2D eigenvalue weighted by molar-refractivity contribution is 0.102. The van der Waals surface area contributed by atoms with E-state index in [1.54, 1.807) is 24.3 Å². The first kappa shape index (κ1) is 17.3. The summed E-state index contributed by atoms with van der Waals surface area (Å²) in [5.74, 6) is -0.0324. The molecule has 0 heterocycles. The number of anilines is 1. The second kappa shape index (κ2) is 7.25. The Morgan fingerprint density at radius 3 is 2.44 bits per heavy atom. The van der Waals surface area contributed by atoms with E-state index in [0.717, 1.165) is 20.8 Å². The summed E-state index contributed by atoms with van der Waals surface area (Å²) in [4.78, 5) is 12.8. The maximum absolute atomic E-state index is 12.8. The van der Waals surface area contributed by atoms with Gasteiger partial charge in [0.05, 0.1) is 0 Å². The summed E-state index contributed by atoms with van der Waals surface area (Å²) in [5.41, 5.74) is 2.69. The molecule has 0 radical (unpaired) electrons. The zero-order valence-electron chi connectivity index (χ0n) is 14.3. The number of phenolic OH excluding ortho intramolecular Hbond substituents is 1. The predicted octanol–water partition coefficient (Wildman–Crippen LogP) is 6.23. The van der Waals surface area contributed by atoms with Crippen LogP contribution in [0.15, 0.2) is 89.4 Å². The van der Waals surface area contributed by atoms with Crippen LogP contribution in [0.5, 0.6) is 5.75 Å². The van der Waals surface area contributed by atoms with Gasteiger partial charge in [-0.1, -0.05) is 70.5 Å². The molecule has 0 aliphatic carbocycles. The third-order valence-corrected chi connectivity index (χ3v) is 4.93. The highest BCUT2D eigenvalue weighted by atomic mass is 79.9.